The molecule has 24 heavy (non-hydrogen) atoms. The van der Waals surface area contributed by atoms with E-state index in [-0.39, 0.29) is 0 Å². The smallest absolute Gasteiger partial charge is 0.223 e. The number of hydrogen-bond acceptors (Lipinski definition) is 4. The lowest BCUT2D eigenvalue weighted by Gasteiger charge is -2.12. The summed E-state index contributed by atoms with van der Waals surface area (Å²) >= 11 is 0. The number of fused-ring (bicyclic) bond motifs is 1. The summed E-state index contributed by atoms with van der Waals surface area (Å²) in [5.74, 6) is 0.733. The van der Waals surface area contributed by atoms with Gasteiger partial charge in [-0.05, 0) is 37.5 Å². The SMILES string of the molecule is CCCc1nn2ccccc2c1-c1ccnc(NC2CCCC2)n1. The van der Waals surface area contributed by atoms with Crippen molar-refractivity contribution in [3.63, 3.8) is 0 Å². The van der Waals surface area contributed by atoms with Gasteiger partial charge in [-0.2, -0.15) is 5.10 Å². The van der Waals surface area contributed by atoms with E-state index >= 15 is 0 Å². The quantitative estimate of drug-likeness (QED) is 0.769. The van der Waals surface area contributed by atoms with Crippen molar-refractivity contribution in [3.8, 4) is 11.3 Å². The van der Waals surface area contributed by atoms with Crippen LogP contribution in [0.4, 0.5) is 5.95 Å². The molecule has 5 heteroatoms. The van der Waals surface area contributed by atoms with Gasteiger partial charge in [0.05, 0.1) is 16.9 Å². The van der Waals surface area contributed by atoms with E-state index in [0.29, 0.717) is 6.04 Å². The van der Waals surface area contributed by atoms with Gasteiger partial charge in [-0.15, -0.1) is 0 Å². The number of nitrogens with zero attached hydrogens (tertiary/aromatic N) is 4. The molecule has 1 aliphatic carbocycles. The van der Waals surface area contributed by atoms with Crippen LogP contribution in [0, 0.1) is 0 Å². The average molecular weight is 321 g/mol. The highest BCUT2D eigenvalue weighted by Crippen LogP contribution is 2.29. The first-order chi connectivity index (χ1) is 11.8. The first kappa shape index (κ1) is 15.1. The summed E-state index contributed by atoms with van der Waals surface area (Å²) in [5.41, 5.74) is 4.30. The molecule has 3 aromatic rings. The van der Waals surface area contributed by atoms with Crippen LogP contribution in [0.1, 0.15) is 44.7 Å². The van der Waals surface area contributed by atoms with Crippen LogP contribution in [0.3, 0.4) is 0 Å². The number of hydrogen-bond donors (Lipinski definition) is 1. The first-order valence-corrected chi connectivity index (χ1v) is 8.91. The minimum atomic E-state index is 0.513. The van der Waals surface area contributed by atoms with Crippen LogP contribution < -0.4 is 5.32 Å². The summed E-state index contributed by atoms with van der Waals surface area (Å²) in [7, 11) is 0. The van der Waals surface area contributed by atoms with Crippen molar-refractivity contribution in [2.24, 2.45) is 0 Å². The standard InChI is InChI=1S/C19H23N5/c1-2-7-16-18(17-10-5-6-13-24(17)23-16)15-11-12-20-19(22-15)21-14-8-3-4-9-14/h5-6,10-14H,2-4,7-9H2,1H3,(H,20,21,22). The minimum absolute atomic E-state index is 0.513. The normalized spacial score (nSPS) is 15.2. The Morgan fingerprint density at radius 2 is 2.08 bits per heavy atom. The molecule has 0 radical (unpaired) electrons. The zero-order valence-corrected chi connectivity index (χ0v) is 14.1. The average Bonchev–Trinajstić information content (AvgIpc) is 3.22. The molecule has 0 aromatic carbocycles. The molecular formula is C19H23N5. The van der Waals surface area contributed by atoms with E-state index in [9.17, 15) is 0 Å². The molecule has 0 bridgehead atoms. The van der Waals surface area contributed by atoms with E-state index in [0.717, 1.165) is 41.3 Å². The van der Waals surface area contributed by atoms with Gasteiger partial charge in [0, 0.05) is 24.0 Å². The Balaban J connectivity index is 1.74. The van der Waals surface area contributed by atoms with E-state index in [2.05, 4.69) is 29.4 Å². The number of pyridine rings is 1. The van der Waals surface area contributed by atoms with Gasteiger partial charge < -0.3 is 5.32 Å². The third-order valence-corrected chi connectivity index (χ3v) is 4.70. The number of nitrogens with one attached hydrogen (secondary N) is 1. The largest absolute Gasteiger partial charge is 0.351 e. The maximum atomic E-state index is 4.80. The highest BCUT2D eigenvalue weighted by molar-refractivity contribution is 5.80. The first-order valence-electron chi connectivity index (χ1n) is 8.91. The van der Waals surface area contributed by atoms with Gasteiger partial charge in [0.25, 0.3) is 0 Å². The Morgan fingerprint density at radius 3 is 2.92 bits per heavy atom. The summed E-state index contributed by atoms with van der Waals surface area (Å²) in [4.78, 5) is 9.22. The molecule has 5 nitrogen and oxygen atoms in total. The molecule has 0 saturated heterocycles. The summed E-state index contributed by atoms with van der Waals surface area (Å²) < 4.78 is 1.95. The molecule has 3 aromatic heterocycles. The van der Waals surface area contributed by atoms with E-state index in [4.69, 9.17) is 10.1 Å². The maximum Gasteiger partial charge on any atom is 0.223 e. The Kier molecular flexibility index (Phi) is 4.15. The van der Waals surface area contributed by atoms with Crippen LogP contribution in [0.15, 0.2) is 36.7 Å². The van der Waals surface area contributed by atoms with Gasteiger partial charge >= 0.3 is 0 Å². The molecule has 0 aliphatic heterocycles. The van der Waals surface area contributed by atoms with E-state index in [1.807, 2.05) is 29.0 Å². The van der Waals surface area contributed by atoms with Gasteiger partial charge in [-0.1, -0.05) is 32.3 Å². The van der Waals surface area contributed by atoms with Crippen LogP contribution in [-0.4, -0.2) is 25.6 Å². The number of anilines is 1. The highest BCUT2D eigenvalue weighted by atomic mass is 15.2. The second-order valence-corrected chi connectivity index (χ2v) is 6.49. The van der Waals surface area contributed by atoms with E-state index < -0.39 is 0 Å². The van der Waals surface area contributed by atoms with Crippen LogP contribution in [0.2, 0.25) is 0 Å². The lowest BCUT2D eigenvalue weighted by molar-refractivity contribution is 0.744. The Bertz CT molecular complexity index is 833. The summed E-state index contributed by atoms with van der Waals surface area (Å²) in [6.07, 6.45) is 10.9. The molecule has 1 aliphatic rings. The molecule has 3 heterocycles. The third-order valence-electron chi connectivity index (χ3n) is 4.70. The maximum absolute atomic E-state index is 4.80. The highest BCUT2D eigenvalue weighted by Gasteiger charge is 2.18. The fourth-order valence-corrected chi connectivity index (χ4v) is 3.56. The van der Waals surface area contributed by atoms with Crippen molar-refractivity contribution < 1.29 is 0 Å². The van der Waals surface area contributed by atoms with Crippen LogP contribution in [0.5, 0.6) is 0 Å². The lowest BCUT2D eigenvalue weighted by Crippen LogP contribution is -2.16. The number of aromatic nitrogens is 4. The summed E-state index contributed by atoms with van der Waals surface area (Å²) in [6.45, 7) is 2.18. The second kappa shape index (κ2) is 6.59. The molecule has 1 saturated carbocycles. The van der Waals surface area contributed by atoms with Crippen LogP contribution in [0.25, 0.3) is 16.8 Å². The Labute approximate surface area is 142 Å². The third kappa shape index (κ3) is 2.86. The van der Waals surface area contributed by atoms with Gasteiger partial charge in [0.1, 0.15) is 0 Å². The predicted molar refractivity (Wildman–Crippen MR) is 96.1 cm³/mol. The zero-order chi connectivity index (χ0) is 16.4. The monoisotopic (exact) mass is 321 g/mol. The molecule has 1 N–H and O–H groups in total. The van der Waals surface area contributed by atoms with Crippen molar-refractivity contribution in [2.75, 3.05) is 5.32 Å². The van der Waals surface area contributed by atoms with Crippen molar-refractivity contribution in [2.45, 2.75) is 51.5 Å². The molecule has 0 unspecified atom stereocenters. The lowest BCUT2D eigenvalue weighted by atomic mass is 10.1. The predicted octanol–water partition coefficient (Wildman–Crippen LogP) is 4.10. The molecular weight excluding hydrogens is 298 g/mol. The number of aryl methyl sites for hydroxylation is 1. The molecule has 124 valence electrons. The molecule has 0 atom stereocenters. The zero-order valence-electron chi connectivity index (χ0n) is 14.1. The minimum Gasteiger partial charge on any atom is -0.351 e. The molecule has 4 rings (SSSR count). The number of rotatable bonds is 5. The van der Waals surface area contributed by atoms with Crippen LogP contribution in [-0.2, 0) is 6.42 Å². The second-order valence-electron chi connectivity index (χ2n) is 6.49. The van der Waals surface area contributed by atoms with Crippen molar-refractivity contribution >= 4 is 11.5 Å². The van der Waals surface area contributed by atoms with Crippen LogP contribution >= 0.6 is 0 Å². The Hall–Kier alpha value is -2.43. The fourth-order valence-electron chi connectivity index (χ4n) is 3.56. The van der Waals surface area contributed by atoms with Gasteiger partial charge in [0.2, 0.25) is 5.95 Å². The summed E-state index contributed by atoms with van der Waals surface area (Å²) in [5, 5.41) is 8.24. The molecule has 0 spiro atoms. The van der Waals surface area contributed by atoms with E-state index in [1.165, 1.54) is 25.7 Å². The van der Waals surface area contributed by atoms with Gasteiger partial charge in [0.15, 0.2) is 0 Å². The summed E-state index contributed by atoms with van der Waals surface area (Å²) in [6, 6.07) is 8.66. The Morgan fingerprint density at radius 1 is 1.21 bits per heavy atom. The topological polar surface area (TPSA) is 55.1 Å². The van der Waals surface area contributed by atoms with E-state index in [1.54, 1.807) is 0 Å². The van der Waals surface area contributed by atoms with Crippen molar-refractivity contribution in [1.82, 2.24) is 19.6 Å². The fraction of sp³-hybridized carbons (Fsp3) is 0.421. The van der Waals surface area contributed by atoms with Gasteiger partial charge in [-0.25, -0.2) is 14.5 Å². The molecule has 0 amide bonds. The molecule has 1 fully saturated rings. The van der Waals surface area contributed by atoms with Gasteiger partial charge in [-0.3, -0.25) is 0 Å². The van der Waals surface area contributed by atoms with Crippen molar-refractivity contribution in [1.29, 1.82) is 0 Å². The van der Waals surface area contributed by atoms with Crippen molar-refractivity contribution in [3.05, 3.63) is 42.4 Å².